The van der Waals surface area contributed by atoms with Crippen molar-refractivity contribution in [3.05, 3.63) is 47.8 Å². The Morgan fingerprint density at radius 3 is 2.79 bits per heavy atom. The molecule has 0 unspecified atom stereocenters. The summed E-state index contributed by atoms with van der Waals surface area (Å²) in [5.74, 6) is -0.503. The van der Waals surface area contributed by atoms with Gasteiger partial charge in [-0.25, -0.2) is 14.3 Å². The third kappa shape index (κ3) is 2.78. The van der Waals surface area contributed by atoms with Crippen LogP contribution in [0.3, 0.4) is 0 Å². The molecular formula is C14H13N5O4S. The molecule has 0 aliphatic rings. The molecule has 2 aromatic heterocycles. The maximum absolute atomic E-state index is 12.6. The Morgan fingerprint density at radius 1 is 1.29 bits per heavy atom. The lowest BCUT2D eigenvalue weighted by Gasteiger charge is -2.12. The normalized spacial score (nSPS) is 11.4. The van der Waals surface area contributed by atoms with Gasteiger partial charge < -0.3 is 4.74 Å². The van der Waals surface area contributed by atoms with Crippen LogP contribution in [0.4, 0.5) is 5.69 Å². The van der Waals surface area contributed by atoms with Crippen LogP contribution in [0.15, 0.2) is 41.8 Å². The topological polar surface area (TPSA) is 116 Å². The van der Waals surface area contributed by atoms with Crippen molar-refractivity contribution in [1.29, 1.82) is 0 Å². The van der Waals surface area contributed by atoms with E-state index in [0.717, 1.165) is 0 Å². The van der Waals surface area contributed by atoms with E-state index in [4.69, 9.17) is 0 Å². The predicted octanol–water partition coefficient (Wildman–Crippen LogP) is 1.02. The summed E-state index contributed by atoms with van der Waals surface area (Å²) in [5.41, 5.74) is 0.780. The highest BCUT2D eigenvalue weighted by Gasteiger charge is 2.24. The summed E-state index contributed by atoms with van der Waals surface area (Å²) in [6.07, 6.45) is 3.01. The number of nitrogens with one attached hydrogen (secondary N) is 1. The summed E-state index contributed by atoms with van der Waals surface area (Å²) in [4.78, 5) is 19.6. The molecule has 0 fully saturated rings. The number of carbonyl (C=O) groups is 1. The van der Waals surface area contributed by atoms with Gasteiger partial charge in [0.05, 0.1) is 18.4 Å². The highest BCUT2D eigenvalue weighted by molar-refractivity contribution is 7.92. The first-order chi connectivity index (χ1) is 11.4. The monoisotopic (exact) mass is 347 g/mol. The number of esters is 1. The van der Waals surface area contributed by atoms with Gasteiger partial charge in [0.2, 0.25) is 0 Å². The fourth-order valence-corrected chi connectivity index (χ4v) is 3.12. The van der Waals surface area contributed by atoms with Gasteiger partial charge in [0.15, 0.2) is 0 Å². The van der Waals surface area contributed by atoms with Crippen molar-refractivity contribution in [1.82, 2.24) is 19.6 Å². The van der Waals surface area contributed by atoms with E-state index in [2.05, 4.69) is 24.5 Å². The maximum Gasteiger partial charge on any atom is 0.340 e. The number of carbonyl (C=O) groups excluding carboxylic acids is 1. The summed E-state index contributed by atoms with van der Waals surface area (Å²) in [7, 11) is -2.88. The second kappa shape index (κ2) is 5.89. The molecule has 0 spiro atoms. The number of ether oxygens (including phenoxy) is 1. The molecule has 24 heavy (non-hydrogen) atoms. The number of methoxy groups -OCH3 is 1. The van der Waals surface area contributed by atoms with E-state index in [1.807, 2.05) is 0 Å². The number of aromatic nitrogens is 4. The first kappa shape index (κ1) is 15.9. The van der Waals surface area contributed by atoms with Crippen LogP contribution in [0.5, 0.6) is 0 Å². The van der Waals surface area contributed by atoms with E-state index in [-0.39, 0.29) is 17.0 Å². The standard InChI is InChI=1S/C14H13N5O4S/c1-9-5-3-6-10(12(20)23-2)11(9)18-24(21,22)14-16-13-15-7-4-8-19(13)17-14/h3-8,18H,1-2H3. The van der Waals surface area contributed by atoms with Crippen LogP contribution in [0, 0.1) is 6.92 Å². The van der Waals surface area contributed by atoms with Crippen molar-refractivity contribution in [2.24, 2.45) is 0 Å². The number of rotatable bonds is 4. The zero-order valence-corrected chi connectivity index (χ0v) is 13.6. The summed E-state index contributed by atoms with van der Waals surface area (Å²) in [6.45, 7) is 1.67. The maximum atomic E-state index is 12.6. The fourth-order valence-electron chi connectivity index (χ4n) is 2.09. The second-order valence-corrected chi connectivity index (χ2v) is 6.43. The van der Waals surface area contributed by atoms with Crippen LogP contribution in [-0.2, 0) is 14.8 Å². The number of para-hydroxylation sites is 1. The van der Waals surface area contributed by atoms with Crippen LogP contribution >= 0.6 is 0 Å². The summed E-state index contributed by atoms with van der Waals surface area (Å²) >= 11 is 0. The van der Waals surface area contributed by atoms with Crippen molar-refractivity contribution in [2.75, 3.05) is 11.8 Å². The van der Waals surface area contributed by atoms with Crippen LogP contribution in [-0.4, -0.2) is 41.1 Å². The van der Waals surface area contributed by atoms with Gasteiger partial charge in [-0.3, -0.25) is 4.72 Å². The Hall–Kier alpha value is -3.01. The van der Waals surface area contributed by atoms with E-state index in [9.17, 15) is 13.2 Å². The average molecular weight is 347 g/mol. The molecule has 0 bridgehead atoms. The quantitative estimate of drug-likeness (QED) is 0.700. The van der Waals surface area contributed by atoms with Crippen molar-refractivity contribution in [2.45, 2.75) is 12.1 Å². The Bertz CT molecular complexity index is 996. The van der Waals surface area contributed by atoms with Crippen LogP contribution < -0.4 is 4.72 Å². The second-order valence-electron chi connectivity index (χ2n) is 4.85. The lowest BCUT2D eigenvalue weighted by molar-refractivity contribution is 0.0602. The first-order valence-electron chi connectivity index (χ1n) is 6.80. The summed E-state index contributed by atoms with van der Waals surface area (Å²) < 4.78 is 33.4. The van der Waals surface area contributed by atoms with Crippen molar-refractivity contribution < 1.29 is 17.9 Å². The molecule has 2 heterocycles. The molecule has 1 N–H and O–H groups in total. The molecule has 124 valence electrons. The molecule has 0 amide bonds. The molecule has 0 atom stereocenters. The van der Waals surface area contributed by atoms with Gasteiger partial charge in [0.1, 0.15) is 0 Å². The molecule has 3 aromatic rings. The van der Waals surface area contributed by atoms with Crippen molar-refractivity contribution in [3.63, 3.8) is 0 Å². The van der Waals surface area contributed by atoms with Gasteiger partial charge in [-0.2, -0.15) is 13.4 Å². The van der Waals surface area contributed by atoms with Gasteiger partial charge in [-0.05, 0) is 24.6 Å². The van der Waals surface area contributed by atoms with Gasteiger partial charge in [-0.1, -0.05) is 12.1 Å². The molecule has 0 aliphatic carbocycles. The minimum absolute atomic E-state index is 0.1000. The lowest BCUT2D eigenvalue weighted by Crippen LogP contribution is -2.18. The van der Waals surface area contributed by atoms with E-state index >= 15 is 0 Å². The largest absolute Gasteiger partial charge is 0.465 e. The van der Waals surface area contributed by atoms with Gasteiger partial charge in [0.25, 0.3) is 21.0 Å². The minimum atomic E-state index is -4.10. The number of sulfonamides is 1. The number of aryl methyl sites for hydroxylation is 1. The number of anilines is 1. The summed E-state index contributed by atoms with van der Waals surface area (Å²) in [5, 5.41) is 3.44. The van der Waals surface area contributed by atoms with Gasteiger partial charge in [-0.15, -0.1) is 5.10 Å². The zero-order valence-electron chi connectivity index (χ0n) is 12.8. The molecule has 9 nitrogen and oxygen atoms in total. The Morgan fingerprint density at radius 2 is 2.08 bits per heavy atom. The van der Waals surface area contributed by atoms with E-state index < -0.39 is 21.1 Å². The number of hydrogen-bond acceptors (Lipinski definition) is 7. The Labute approximate surface area is 137 Å². The smallest absolute Gasteiger partial charge is 0.340 e. The van der Waals surface area contributed by atoms with Crippen LogP contribution in [0.1, 0.15) is 15.9 Å². The lowest BCUT2D eigenvalue weighted by atomic mass is 10.1. The Kier molecular flexibility index (Phi) is 3.89. The van der Waals surface area contributed by atoms with Crippen molar-refractivity contribution >= 4 is 27.5 Å². The highest BCUT2D eigenvalue weighted by atomic mass is 32.2. The molecule has 1 aromatic carbocycles. The van der Waals surface area contributed by atoms with E-state index in [1.54, 1.807) is 25.1 Å². The number of nitrogens with zero attached hydrogens (tertiary/aromatic N) is 4. The minimum Gasteiger partial charge on any atom is -0.465 e. The first-order valence-corrected chi connectivity index (χ1v) is 8.29. The zero-order chi connectivity index (χ0) is 17.3. The van der Waals surface area contributed by atoms with Crippen LogP contribution in [0.2, 0.25) is 0 Å². The molecule has 0 saturated carbocycles. The van der Waals surface area contributed by atoms with Crippen molar-refractivity contribution in [3.8, 4) is 0 Å². The molecule has 3 rings (SSSR count). The molecule has 0 saturated heterocycles. The highest BCUT2D eigenvalue weighted by Crippen LogP contribution is 2.24. The third-order valence-electron chi connectivity index (χ3n) is 3.25. The summed E-state index contributed by atoms with van der Waals surface area (Å²) in [6, 6.07) is 6.37. The number of hydrogen-bond donors (Lipinski definition) is 1. The van der Waals surface area contributed by atoms with Gasteiger partial charge >= 0.3 is 5.97 Å². The Balaban J connectivity index is 2.05. The molecule has 0 radical (unpaired) electrons. The van der Waals surface area contributed by atoms with Gasteiger partial charge in [0, 0.05) is 12.4 Å². The number of benzene rings is 1. The van der Waals surface area contributed by atoms with E-state index in [0.29, 0.717) is 5.56 Å². The third-order valence-corrected chi connectivity index (χ3v) is 4.38. The fraction of sp³-hybridized carbons (Fsp3) is 0.143. The SMILES string of the molecule is COC(=O)c1cccc(C)c1NS(=O)(=O)c1nc2ncccn2n1. The molecule has 10 heteroatoms. The average Bonchev–Trinajstić information content (AvgIpc) is 3.01. The molecule has 0 aliphatic heterocycles. The number of fused-ring (bicyclic) bond motifs is 1. The predicted molar refractivity (Wildman–Crippen MR) is 84.1 cm³/mol. The molecular weight excluding hydrogens is 334 g/mol. The van der Waals surface area contributed by atoms with Crippen LogP contribution in [0.25, 0.3) is 5.78 Å². The van der Waals surface area contributed by atoms with E-state index in [1.165, 1.54) is 30.1 Å².